The molecular weight excluding hydrogens is 367 g/mol. The first kappa shape index (κ1) is 20.8. The van der Waals surface area contributed by atoms with Crippen molar-refractivity contribution in [3.05, 3.63) is 52.7 Å². The van der Waals surface area contributed by atoms with E-state index in [1.165, 1.54) is 36.0 Å². The van der Waals surface area contributed by atoms with Crippen molar-refractivity contribution in [3.63, 3.8) is 0 Å². The van der Waals surface area contributed by atoms with Crippen molar-refractivity contribution < 1.29 is 14.0 Å². The van der Waals surface area contributed by atoms with E-state index in [0.717, 1.165) is 0 Å². The fourth-order valence-electron chi connectivity index (χ4n) is 2.38. The number of hydrogen-bond acceptors (Lipinski definition) is 5. The van der Waals surface area contributed by atoms with E-state index in [2.05, 4.69) is 20.6 Å². The number of nitrogens with one attached hydrogen (secondary N) is 2. The van der Waals surface area contributed by atoms with Crippen molar-refractivity contribution >= 4 is 23.6 Å². The third-order valence-electron chi connectivity index (χ3n) is 3.81. The number of carbonyl (C=O) groups excluding carboxylic acids is 2. The maximum Gasteiger partial charge on any atom is 0.255 e. The quantitative estimate of drug-likeness (QED) is 0.431. The first-order valence-corrected chi connectivity index (χ1v) is 9.80. The van der Waals surface area contributed by atoms with Crippen molar-refractivity contribution in [2.24, 2.45) is 0 Å². The van der Waals surface area contributed by atoms with E-state index in [0.29, 0.717) is 27.7 Å². The molecule has 2 amide bonds. The zero-order valence-corrected chi connectivity index (χ0v) is 16.6. The van der Waals surface area contributed by atoms with Gasteiger partial charge in [-0.3, -0.25) is 9.59 Å². The summed E-state index contributed by atoms with van der Waals surface area (Å²) < 4.78 is 12.9. The van der Waals surface area contributed by atoms with Gasteiger partial charge in [0.1, 0.15) is 16.7 Å². The van der Waals surface area contributed by atoms with Gasteiger partial charge in [-0.25, -0.2) is 14.4 Å². The molecule has 0 unspecified atom stereocenters. The van der Waals surface area contributed by atoms with Crippen molar-refractivity contribution in [1.29, 1.82) is 0 Å². The van der Waals surface area contributed by atoms with Gasteiger partial charge in [-0.05, 0) is 37.4 Å². The van der Waals surface area contributed by atoms with Gasteiger partial charge in [-0.1, -0.05) is 13.8 Å². The molecule has 0 atom stereocenters. The van der Waals surface area contributed by atoms with Crippen molar-refractivity contribution in [1.82, 2.24) is 20.6 Å². The van der Waals surface area contributed by atoms with Crippen LogP contribution in [0.5, 0.6) is 0 Å². The highest BCUT2D eigenvalue weighted by atomic mass is 32.2. The molecule has 2 aromatic rings. The monoisotopic (exact) mass is 390 g/mol. The molecule has 8 heteroatoms. The van der Waals surface area contributed by atoms with E-state index >= 15 is 0 Å². The maximum atomic E-state index is 12.9. The predicted octanol–water partition coefficient (Wildman–Crippen LogP) is 2.93. The van der Waals surface area contributed by atoms with Crippen LogP contribution >= 0.6 is 11.8 Å². The molecule has 2 rings (SSSR count). The van der Waals surface area contributed by atoms with Crippen LogP contribution < -0.4 is 10.6 Å². The number of aryl methyl sites for hydroxylation is 1. The van der Waals surface area contributed by atoms with E-state index in [-0.39, 0.29) is 30.8 Å². The van der Waals surface area contributed by atoms with Crippen LogP contribution in [0.25, 0.3) is 0 Å². The largest absolute Gasteiger partial charge is 0.350 e. The van der Waals surface area contributed by atoms with Crippen LogP contribution in [-0.4, -0.2) is 41.1 Å². The normalized spacial score (nSPS) is 10.7. The topological polar surface area (TPSA) is 84.0 Å². The highest BCUT2D eigenvalue weighted by molar-refractivity contribution is 7.98. The predicted molar refractivity (Wildman–Crippen MR) is 104 cm³/mol. The molecule has 0 saturated carbocycles. The molecule has 6 nitrogen and oxygen atoms in total. The van der Waals surface area contributed by atoms with Gasteiger partial charge in [-0.2, -0.15) is 0 Å². The summed E-state index contributed by atoms with van der Waals surface area (Å²) in [5.74, 6) is -0.115. The fraction of sp³-hybridized carbons (Fsp3) is 0.368. The molecule has 0 aliphatic rings. The van der Waals surface area contributed by atoms with Gasteiger partial charge in [0.05, 0.1) is 11.3 Å². The highest BCUT2D eigenvalue weighted by Gasteiger charge is 2.19. The lowest BCUT2D eigenvalue weighted by molar-refractivity contribution is 0.0925. The first-order valence-electron chi connectivity index (χ1n) is 8.58. The van der Waals surface area contributed by atoms with Gasteiger partial charge >= 0.3 is 0 Å². The number of benzene rings is 1. The Morgan fingerprint density at radius 3 is 2.22 bits per heavy atom. The van der Waals surface area contributed by atoms with Crippen LogP contribution in [0.1, 0.15) is 52.0 Å². The van der Waals surface area contributed by atoms with E-state index < -0.39 is 5.82 Å². The third-order valence-corrected chi connectivity index (χ3v) is 4.50. The molecule has 0 fully saturated rings. The SMILES string of the molecule is CSc1nc(C(C)C)nc(C)c1C(=O)NCCNC(=O)c1ccc(F)cc1. The number of rotatable bonds is 7. The second-order valence-electron chi connectivity index (χ2n) is 6.22. The summed E-state index contributed by atoms with van der Waals surface area (Å²) in [5.41, 5.74) is 1.45. The summed E-state index contributed by atoms with van der Waals surface area (Å²) in [5, 5.41) is 6.09. The number of thioether (sulfide) groups is 1. The van der Waals surface area contributed by atoms with Crippen LogP contribution in [-0.2, 0) is 0 Å². The molecule has 2 N–H and O–H groups in total. The number of nitrogens with zero attached hydrogens (tertiary/aromatic N) is 2. The summed E-state index contributed by atoms with van der Waals surface area (Å²) in [6.07, 6.45) is 1.87. The summed E-state index contributed by atoms with van der Waals surface area (Å²) in [7, 11) is 0. The average molecular weight is 390 g/mol. The van der Waals surface area contributed by atoms with Gasteiger partial charge in [0.2, 0.25) is 0 Å². The lowest BCUT2D eigenvalue weighted by Crippen LogP contribution is -2.35. The third kappa shape index (κ3) is 5.50. The van der Waals surface area contributed by atoms with Crippen LogP contribution in [0.2, 0.25) is 0 Å². The van der Waals surface area contributed by atoms with Gasteiger partial charge in [0, 0.05) is 24.6 Å². The van der Waals surface area contributed by atoms with Crippen LogP contribution in [0.15, 0.2) is 29.3 Å². The summed E-state index contributed by atoms with van der Waals surface area (Å²) in [6, 6.07) is 5.27. The highest BCUT2D eigenvalue weighted by Crippen LogP contribution is 2.22. The zero-order chi connectivity index (χ0) is 20.0. The second-order valence-corrected chi connectivity index (χ2v) is 7.02. The Labute approximate surface area is 162 Å². The number of hydrogen-bond donors (Lipinski definition) is 2. The van der Waals surface area contributed by atoms with E-state index in [1.54, 1.807) is 6.92 Å². The molecule has 27 heavy (non-hydrogen) atoms. The van der Waals surface area contributed by atoms with Crippen molar-refractivity contribution in [2.75, 3.05) is 19.3 Å². The number of carbonyl (C=O) groups is 2. The number of halogens is 1. The molecule has 0 spiro atoms. The Balaban J connectivity index is 1.94. The van der Waals surface area contributed by atoms with Gasteiger partial charge in [-0.15, -0.1) is 11.8 Å². The molecule has 1 aromatic heterocycles. The summed E-state index contributed by atoms with van der Waals surface area (Å²) >= 11 is 1.40. The molecule has 144 valence electrons. The smallest absolute Gasteiger partial charge is 0.255 e. The number of amides is 2. The summed E-state index contributed by atoms with van der Waals surface area (Å²) in [6.45, 7) is 6.30. The molecule has 0 aliphatic carbocycles. The van der Waals surface area contributed by atoms with Crippen molar-refractivity contribution in [2.45, 2.75) is 31.7 Å². The molecule has 0 saturated heterocycles. The average Bonchev–Trinajstić information content (AvgIpc) is 2.64. The van der Waals surface area contributed by atoms with Gasteiger partial charge in [0.15, 0.2) is 0 Å². The lowest BCUT2D eigenvalue weighted by atomic mass is 10.1. The minimum absolute atomic E-state index is 0.174. The maximum absolute atomic E-state index is 12.9. The molecule has 1 aromatic carbocycles. The van der Waals surface area contributed by atoms with Gasteiger partial charge in [0.25, 0.3) is 11.8 Å². The fourth-order valence-corrected chi connectivity index (χ4v) is 3.01. The van der Waals surface area contributed by atoms with Crippen molar-refractivity contribution in [3.8, 4) is 0 Å². The molecule has 0 aliphatic heterocycles. The van der Waals surface area contributed by atoms with Crippen LogP contribution in [0, 0.1) is 12.7 Å². The van der Waals surface area contributed by atoms with E-state index in [1.807, 2.05) is 20.1 Å². The standard InChI is InChI=1S/C19H23FN4O2S/c1-11(2)16-23-12(3)15(19(24-16)27-4)18(26)22-10-9-21-17(25)13-5-7-14(20)8-6-13/h5-8,11H,9-10H2,1-4H3,(H,21,25)(H,22,26). The van der Waals surface area contributed by atoms with Crippen LogP contribution in [0.3, 0.4) is 0 Å². The zero-order valence-electron chi connectivity index (χ0n) is 15.8. The summed E-state index contributed by atoms with van der Waals surface area (Å²) in [4.78, 5) is 33.4. The second kappa shape index (κ2) is 9.45. The minimum atomic E-state index is -0.399. The molecular formula is C19H23FN4O2S. The molecule has 0 bridgehead atoms. The minimum Gasteiger partial charge on any atom is -0.350 e. The van der Waals surface area contributed by atoms with Crippen LogP contribution in [0.4, 0.5) is 4.39 Å². The molecule has 1 heterocycles. The Kier molecular flexibility index (Phi) is 7.29. The van der Waals surface area contributed by atoms with Gasteiger partial charge < -0.3 is 10.6 Å². The molecule has 0 radical (unpaired) electrons. The Bertz CT molecular complexity index is 825. The van der Waals surface area contributed by atoms with E-state index in [4.69, 9.17) is 0 Å². The first-order chi connectivity index (χ1) is 12.8. The van der Waals surface area contributed by atoms with E-state index in [9.17, 15) is 14.0 Å². The Morgan fingerprint density at radius 1 is 1.07 bits per heavy atom. The Morgan fingerprint density at radius 2 is 1.67 bits per heavy atom. The number of aromatic nitrogens is 2. The lowest BCUT2D eigenvalue weighted by Gasteiger charge is -2.13. The Hall–Kier alpha value is -2.48.